The normalized spacial score (nSPS) is 14.7. The lowest BCUT2D eigenvalue weighted by Crippen LogP contribution is -2.38. The van der Waals surface area contributed by atoms with Crippen LogP contribution in [0.1, 0.15) is 22.5 Å². The van der Waals surface area contributed by atoms with Crippen molar-refractivity contribution in [1.82, 2.24) is 10.2 Å². The monoisotopic (exact) mass is 344 g/mol. The van der Waals surface area contributed by atoms with Crippen LogP contribution in [0, 0.1) is 0 Å². The second-order valence-corrected chi connectivity index (χ2v) is 7.81. The fourth-order valence-electron chi connectivity index (χ4n) is 2.93. The zero-order chi connectivity index (χ0) is 15.8. The number of nitrogens with zero attached hydrogens (tertiary/aromatic N) is 1. The van der Waals surface area contributed by atoms with Gasteiger partial charge in [0.15, 0.2) is 0 Å². The maximum absolute atomic E-state index is 12.3. The van der Waals surface area contributed by atoms with Gasteiger partial charge in [-0.05, 0) is 25.0 Å². The molecule has 2 amide bonds. The second-order valence-electron chi connectivity index (χ2n) is 5.67. The quantitative estimate of drug-likeness (QED) is 0.791. The molecule has 3 aromatic rings. The highest BCUT2D eigenvalue weighted by Gasteiger charge is 2.19. The third-order valence-electron chi connectivity index (χ3n) is 4.13. The number of carbonyl (C=O) groups excluding carboxylic acids is 2. The Morgan fingerprint density at radius 1 is 1.09 bits per heavy atom. The molecule has 4 rings (SSSR count). The summed E-state index contributed by atoms with van der Waals surface area (Å²) in [6, 6.07) is 10.2. The molecular weight excluding hydrogens is 328 g/mol. The molecule has 1 fully saturated rings. The molecule has 1 saturated heterocycles. The molecule has 3 heterocycles. The Morgan fingerprint density at radius 2 is 1.87 bits per heavy atom. The summed E-state index contributed by atoms with van der Waals surface area (Å²) < 4.78 is 3.53. The maximum atomic E-state index is 12.3. The second kappa shape index (κ2) is 5.94. The fourth-order valence-corrected chi connectivity index (χ4v) is 5.37. The molecule has 1 N–H and O–H groups in total. The minimum absolute atomic E-state index is 0.0136. The van der Waals surface area contributed by atoms with Gasteiger partial charge in [-0.1, -0.05) is 18.2 Å². The summed E-state index contributed by atoms with van der Waals surface area (Å²) in [4.78, 5) is 26.8. The Labute approximate surface area is 141 Å². The van der Waals surface area contributed by atoms with Crippen molar-refractivity contribution >= 4 is 54.0 Å². The maximum Gasteiger partial charge on any atom is 0.261 e. The largest absolute Gasteiger partial charge is 0.342 e. The molecule has 6 heteroatoms. The number of thiophene rings is 2. The summed E-state index contributed by atoms with van der Waals surface area (Å²) in [6.45, 7) is 1.72. The van der Waals surface area contributed by atoms with Gasteiger partial charge in [-0.15, -0.1) is 22.7 Å². The molecule has 0 radical (unpaired) electrons. The van der Waals surface area contributed by atoms with Crippen LogP contribution in [-0.4, -0.2) is 36.3 Å². The van der Waals surface area contributed by atoms with Crippen molar-refractivity contribution in [3.8, 4) is 0 Å². The summed E-state index contributed by atoms with van der Waals surface area (Å²) >= 11 is 3.20. The Kier molecular flexibility index (Phi) is 3.79. The van der Waals surface area contributed by atoms with Crippen LogP contribution in [-0.2, 0) is 4.79 Å². The lowest BCUT2D eigenvalue weighted by molar-refractivity contribution is -0.129. The van der Waals surface area contributed by atoms with Gasteiger partial charge in [-0.2, -0.15) is 0 Å². The number of nitrogens with one attached hydrogen (secondary N) is 1. The lowest BCUT2D eigenvalue weighted by atomic mass is 10.2. The molecule has 1 aliphatic heterocycles. The van der Waals surface area contributed by atoms with Crippen molar-refractivity contribution in [2.75, 3.05) is 19.6 Å². The van der Waals surface area contributed by atoms with Gasteiger partial charge < -0.3 is 10.2 Å². The lowest BCUT2D eigenvalue weighted by Gasteiger charge is -2.15. The molecule has 0 bridgehead atoms. The van der Waals surface area contributed by atoms with Gasteiger partial charge >= 0.3 is 0 Å². The van der Waals surface area contributed by atoms with Crippen LogP contribution in [0.25, 0.3) is 19.5 Å². The minimum Gasteiger partial charge on any atom is -0.342 e. The van der Waals surface area contributed by atoms with Crippen molar-refractivity contribution in [1.29, 1.82) is 0 Å². The van der Waals surface area contributed by atoms with E-state index in [0.717, 1.165) is 35.3 Å². The number of amides is 2. The van der Waals surface area contributed by atoms with Crippen LogP contribution in [0.5, 0.6) is 0 Å². The summed E-state index contributed by atoms with van der Waals surface area (Å²) in [6.07, 6.45) is 2.13. The highest BCUT2D eigenvalue weighted by molar-refractivity contribution is 7.33. The van der Waals surface area contributed by atoms with Gasteiger partial charge in [0, 0.05) is 27.9 Å². The van der Waals surface area contributed by atoms with Gasteiger partial charge in [0.25, 0.3) is 5.91 Å². The van der Waals surface area contributed by atoms with E-state index in [1.807, 2.05) is 23.1 Å². The molecule has 4 nitrogen and oxygen atoms in total. The van der Waals surface area contributed by atoms with E-state index in [9.17, 15) is 9.59 Å². The van der Waals surface area contributed by atoms with E-state index >= 15 is 0 Å². The molecule has 2 aromatic heterocycles. The van der Waals surface area contributed by atoms with E-state index in [1.165, 1.54) is 21.4 Å². The SMILES string of the molecule is O=C(NCC(=O)N1CCCC1)c1cc2sc3ccccc3c2s1. The van der Waals surface area contributed by atoms with Gasteiger partial charge in [-0.25, -0.2) is 0 Å². The summed E-state index contributed by atoms with van der Waals surface area (Å²) in [5.41, 5.74) is 0. The Morgan fingerprint density at radius 3 is 2.70 bits per heavy atom. The van der Waals surface area contributed by atoms with Crippen LogP contribution in [0.2, 0.25) is 0 Å². The molecule has 118 valence electrons. The van der Waals surface area contributed by atoms with Crippen molar-refractivity contribution in [3.05, 3.63) is 35.2 Å². The standard InChI is InChI=1S/C17H16N2O2S2/c20-15(19-7-3-4-8-19)10-18-17(21)14-9-13-16(23-14)11-5-1-2-6-12(11)22-13/h1-2,5-6,9H,3-4,7-8,10H2,(H,18,21). The first-order chi connectivity index (χ1) is 11.2. The highest BCUT2D eigenvalue weighted by Crippen LogP contribution is 2.39. The number of carbonyl (C=O) groups is 2. The highest BCUT2D eigenvalue weighted by atomic mass is 32.1. The van der Waals surface area contributed by atoms with Crippen molar-refractivity contribution in [3.63, 3.8) is 0 Å². The van der Waals surface area contributed by atoms with E-state index in [0.29, 0.717) is 4.88 Å². The van der Waals surface area contributed by atoms with Gasteiger partial charge in [0.1, 0.15) is 0 Å². The zero-order valence-electron chi connectivity index (χ0n) is 12.5. The number of rotatable bonds is 3. The van der Waals surface area contributed by atoms with Gasteiger partial charge in [0.2, 0.25) is 5.91 Å². The molecule has 1 aromatic carbocycles. The first kappa shape index (κ1) is 14.7. The van der Waals surface area contributed by atoms with E-state index in [1.54, 1.807) is 11.3 Å². The molecule has 0 unspecified atom stereocenters. The summed E-state index contributed by atoms with van der Waals surface area (Å²) in [7, 11) is 0. The zero-order valence-corrected chi connectivity index (χ0v) is 14.1. The topological polar surface area (TPSA) is 49.4 Å². The third kappa shape index (κ3) is 2.72. The van der Waals surface area contributed by atoms with Crippen molar-refractivity contribution in [2.45, 2.75) is 12.8 Å². The van der Waals surface area contributed by atoms with Gasteiger partial charge in [0.05, 0.1) is 16.1 Å². The van der Waals surface area contributed by atoms with Gasteiger partial charge in [-0.3, -0.25) is 9.59 Å². The van der Waals surface area contributed by atoms with E-state index in [2.05, 4.69) is 17.4 Å². The van der Waals surface area contributed by atoms with Crippen LogP contribution >= 0.6 is 22.7 Å². The summed E-state index contributed by atoms with van der Waals surface area (Å²) in [5, 5.41) is 3.96. The molecule has 0 spiro atoms. The first-order valence-electron chi connectivity index (χ1n) is 7.69. The molecule has 0 saturated carbocycles. The first-order valence-corrected chi connectivity index (χ1v) is 9.33. The smallest absolute Gasteiger partial charge is 0.261 e. The fraction of sp³-hybridized carbons (Fsp3) is 0.294. The Bertz CT molecular complexity index is 890. The van der Waals surface area contributed by atoms with Crippen LogP contribution in [0.4, 0.5) is 0 Å². The summed E-state index contributed by atoms with van der Waals surface area (Å²) in [5.74, 6) is -0.144. The predicted octanol–water partition coefficient (Wildman–Crippen LogP) is 3.47. The minimum atomic E-state index is -0.157. The Balaban J connectivity index is 1.49. The molecule has 0 aliphatic carbocycles. The van der Waals surface area contributed by atoms with Crippen LogP contribution in [0.15, 0.2) is 30.3 Å². The van der Waals surface area contributed by atoms with Crippen LogP contribution < -0.4 is 5.32 Å². The molecular formula is C17H16N2O2S2. The predicted molar refractivity (Wildman–Crippen MR) is 95.4 cm³/mol. The molecule has 23 heavy (non-hydrogen) atoms. The van der Waals surface area contributed by atoms with Crippen molar-refractivity contribution in [2.24, 2.45) is 0 Å². The number of hydrogen-bond acceptors (Lipinski definition) is 4. The van der Waals surface area contributed by atoms with E-state index < -0.39 is 0 Å². The number of likely N-dealkylation sites (tertiary alicyclic amines) is 1. The number of fused-ring (bicyclic) bond motifs is 3. The third-order valence-corrected chi connectivity index (χ3v) is 6.55. The van der Waals surface area contributed by atoms with E-state index in [-0.39, 0.29) is 18.4 Å². The van der Waals surface area contributed by atoms with Crippen LogP contribution in [0.3, 0.4) is 0 Å². The number of benzene rings is 1. The van der Waals surface area contributed by atoms with E-state index in [4.69, 9.17) is 0 Å². The average molecular weight is 344 g/mol. The Hall–Kier alpha value is -1.92. The van der Waals surface area contributed by atoms with Crippen molar-refractivity contribution < 1.29 is 9.59 Å². The molecule has 1 aliphatic rings. The number of hydrogen-bond donors (Lipinski definition) is 1. The average Bonchev–Trinajstić information content (AvgIpc) is 3.27. The molecule has 0 atom stereocenters.